The number of benzene rings is 2. The molecular weight excluding hydrogens is 631 g/mol. The number of halogens is 3. The SMILES string of the molecule is CC(C)NC(=O)N(C)C[C@@H]1OCCCC[C@H](C)Oc2ccc(NC(=O)Nc3ccc(C(F)(F)F)cc3)cc2C(=O)N([C@H](C)CO)C[C@@H]1C. The molecule has 4 N–H and O–H groups in total. The van der Waals surface area contributed by atoms with Crippen LogP contribution in [-0.2, 0) is 10.9 Å². The Labute approximate surface area is 280 Å². The predicted octanol–water partition coefficient (Wildman–Crippen LogP) is 6.19. The Hall–Kier alpha value is -4.04. The first-order valence-corrected chi connectivity index (χ1v) is 16.2. The molecule has 0 aliphatic carbocycles. The number of carbonyl (C=O) groups is 3. The van der Waals surface area contributed by atoms with Gasteiger partial charge in [0.15, 0.2) is 0 Å². The van der Waals surface area contributed by atoms with E-state index in [0.29, 0.717) is 18.8 Å². The number of hydrogen-bond donors (Lipinski definition) is 4. The van der Waals surface area contributed by atoms with E-state index in [1.54, 1.807) is 31.0 Å². The lowest BCUT2D eigenvalue weighted by Crippen LogP contribution is -2.49. The van der Waals surface area contributed by atoms with Gasteiger partial charge in [0.25, 0.3) is 5.91 Å². The standard InChI is InChI=1S/C34H48F3N5O6/c1-21(2)38-33(46)41(6)19-30-22(3)18-42(23(4)20-43)31(44)28-17-27(14-15-29(28)48-24(5)9-7-8-16-47-30)40-32(45)39-26-12-10-25(11-13-26)34(35,36)37/h10-15,17,21-24,30,43H,7-9,16,18-20H2,1-6H3,(H,38,46)(H2,39,40,45)/t22-,23+,24-,30-/m0/s1. The van der Waals surface area contributed by atoms with Crippen LogP contribution in [0.4, 0.5) is 34.1 Å². The van der Waals surface area contributed by atoms with Crippen molar-refractivity contribution in [1.29, 1.82) is 0 Å². The maximum atomic E-state index is 14.3. The van der Waals surface area contributed by atoms with Crippen molar-refractivity contribution in [3.8, 4) is 5.75 Å². The molecule has 0 saturated carbocycles. The highest BCUT2D eigenvalue weighted by Crippen LogP contribution is 2.31. The fourth-order valence-electron chi connectivity index (χ4n) is 5.21. The monoisotopic (exact) mass is 679 g/mol. The minimum absolute atomic E-state index is 0.0413. The number of amides is 5. The van der Waals surface area contributed by atoms with Crippen molar-refractivity contribution in [3.05, 3.63) is 53.6 Å². The number of aliphatic hydroxyl groups excluding tert-OH is 1. The molecule has 266 valence electrons. The second kappa shape index (κ2) is 17.4. The summed E-state index contributed by atoms with van der Waals surface area (Å²) in [5.41, 5.74) is -0.296. The number of likely N-dealkylation sites (N-methyl/N-ethyl adjacent to an activating group) is 1. The Kier molecular flexibility index (Phi) is 13.9. The first kappa shape index (κ1) is 38.4. The summed E-state index contributed by atoms with van der Waals surface area (Å²) in [6, 6.07) is 7.05. The normalized spacial score (nSPS) is 20.2. The van der Waals surface area contributed by atoms with E-state index in [1.165, 1.54) is 11.0 Å². The summed E-state index contributed by atoms with van der Waals surface area (Å²) in [6.45, 7) is 9.91. The number of anilines is 2. The van der Waals surface area contributed by atoms with Crippen LogP contribution in [0.3, 0.4) is 0 Å². The molecule has 0 aromatic heterocycles. The fourth-order valence-corrected chi connectivity index (χ4v) is 5.21. The molecule has 48 heavy (non-hydrogen) atoms. The van der Waals surface area contributed by atoms with E-state index in [2.05, 4.69) is 16.0 Å². The van der Waals surface area contributed by atoms with Crippen LogP contribution in [0.5, 0.6) is 5.75 Å². The van der Waals surface area contributed by atoms with Gasteiger partial charge < -0.3 is 40.3 Å². The molecule has 0 saturated heterocycles. The Morgan fingerprint density at radius 3 is 2.31 bits per heavy atom. The topological polar surface area (TPSA) is 132 Å². The zero-order valence-corrected chi connectivity index (χ0v) is 28.4. The molecule has 1 aliphatic rings. The number of urea groups is 2. The maximum absolute atomic E-state index is 14.3. The molecule has 0 fully saturated rings. The van der Waals surface area contributed by atoms with Crippen LogP contribution in [0.2, 0.25) is 0 Å². The molecule has 0 unspecified atom stereocenters. The zero-order chi connectivity index (χ0) is 35.6. The number of alkyl halides is 3. The number of fused-ring (bicyclic) bond motifs is 1. The fraction of sp³-hybridized carbons (Fsp3) is 0.559. The van der Waals surface area contributed by atoms with Crippen molar-refractivity contribution in [2.45, 2.75) is 84.3 Å². The third-order valence-corrected chi connectivity index (χ3v) is 7.99. The number of ether oxygens (including phenoxy) is 2. The summed E-state index contributed by atoms with van der Waals surface area (Å²) in [6.07, 6.45) is -2.93. The number of hydrogen-bond acceptors (Lipinski definition) is 6. The van der Waals surface area contributed by atoms with Gasteiger partial charge in [0.05, 0.1) is 36.0 Å². The molecular formula is C34H48F3N5O6. The van der Waals surface area contributed by atoms with Crippen molar-refractivity contribution in [2.75, 3.05) is 44.0 Å². The average molecular weight is 680 g/mol. The van der Waals surface area contributed by atoms with E-state index >= 15 is 0 Å². The van der Waals surface area contributed by atoms with Gasteiger partial charge in [-0.2, -0.15) is 13.2 Å². The lowest BCUT2D eigenvalue weighted by atomic mass is 10.0. The van der Waals surface area contributed by atoms with E-state index in [-0.39, 0.29) is 60.7 Å². The lowest BCUT2D eigenvalue weighted by molar-refractivity contribution is -0.137. The van der Waals surface area contributed by atoms with Crippen LogP contribution < -0.4 is 20.7 Å². The van der Waals surface area contributed by atoms with Gasteiger partial charge in [-0.15, -0.1) is 0 Å². The van der Waals surface area contributed by atoms with Crippen molar-refractivity contribution in [3.63, 3.8) is 0 Å². The first-order valence-electron chi connectivity index (χ1n) is 16.2. The van der Waals surface area contributed by atoms with E-state index in [9.17, 15) is 32.7 Å². The second-order valence-electron chi connectivity index (χ2n) is 12.6. The Bertz CT molecular complexity index is 1370. The zero-order valence-electron chi connectivity index (χ0n) is 28.4. The van der Waals surface area contributed by atoms with E-state index in [4.69, 9.17) is 9.47 Å². The quantitative estimate of drug-likeness (QED) is 0.276. The molecule has 0 spiro atoms. The summed E-state index contributed by atoms with van der Waals surface area (Å²) in [7, 11) is 1.69. The smallest absolute Gasteiger partial charge is 0.416 e. The van der Waals surface area contributed by atoms with Crippen molar-refractivity contribution < 1.29 is 42.1 Å². The van der Waals surface area contributed by atoms with Gasteiger partial charge in [-0.3, -0.25) is 4.79 Å². The van der Waals surface area contributed by atoms with E-state index in [0.717, 1.165) is 37.1 Å². The number of rotatable bonds is 7. The summed E-state index contributed by atoms with van der Waals surface area (Å²) >= 11 is 0. The summed E-state index contributed by atoms with van der Waals surface area (Å²) < 4.78 is 51.3. The second-order valence-corrected chi connectivity index (χ2v) is 12.6. The summed E-state index contributed by atoms with van der Waals surface area (Å²) in [5, 5.41) is 18.1. The highest BCUT2D eigenvalue weighted by atomic mass is 19.4. The molecule has 1 heterocycles. The predicted molar refractivity (Wildman–Crippen MR) is 177 cm³/mol. The van der Waals surface area contributed by atoms with Gasteiger partial charge in [0, 0.05) is 50.1 Å². The number of nitrogens with one attached hydrogen (secondary N) is 3. The molecule has 11 nitrogen and oxygen atoms in total. The molecule has 0 bridgehead atoms. The highest BCUT2D eigenvalue weighted by molar-refractivity contribution is 6.02. The molecule has 5 amide bonds. The van der Waals surface area contributed by atoms with Crippen LogP contribution >= 0.6 is 0 Å². The highest BCUT2D eigenvalue weighted by Gasteiger charge is 2.32. The van der Waals surface area contributed by atoms with Crippen molar-refractivity contribution >= 4 is 29.3 Å². The van der Waals surface area contributed by atoms with Crippen LogP contribution in [-0.4, -0.2) is 90.5 Å². The van der Waals surface area contributed by atoms with Crippen LogP contribution in [0.15, 0.2) is 42.5 Å². The Morgan fingerprint density at radius 2 is 1.69 bits per heavy atom. The van der Waals surface area contributed by atoms with Crippen molar-refractivity contribution in [2.24, 2.45) is 5.92 Å². The summed E-state index contributed by atoms with van der Waals surface area (Å²) in [5.74, 6) is -0.391. The Morgan fingerprint density at radius 1 is 1.04 bits per heavy atom. The van der Waals surface area contributed by atoms with E-state index < -0.39 is 35.8 Å². The third-order valence-electron chi connectivity index (χ3n) is 7.99. The molecule has 2 aromatic rings. The van der Waals surface area contributed by atoms with Crippen LogP contribution in [0, 0.1) is 5.92 Å². The maximum Gasteiger partial charge on any atom is 0.416 e. The van der Waals surface area contributed by atoms with Gasteiger partial charge in [-0.25, -0.2) is 9.59 Å². The summed E-state index contributed by atoms with van der Waals surface area (Å²) in [4.78, 5) is 42.8. The molecule has 4 atom stereocenters. The van der Waals surface area contributed by atoms with Gasteiger partial charge >= 0.3 is 18.2 Å². The van der Waals surface area contributed by atoms with Gasteiger partial charge in [0.2, 0.25) is 0 Å². The van der Waals surface area contributed by atoms with Gasteiger partial charge in [-0.1, -0.05) is 6.92 Å². The third kappa shape index (κ3) is 11.3. The average Bonchev–Trinajstić information content (AvgIpc) is 3.01. The van der Waals surface area contributed by atoms with Crippen LogP contribution in [0.1, 0.15) is 69.8 Å². The van der Waals surface area contributed by atoms with Gasteiger partial charge in [0.1, 0.15) is 5.75 Å². The Balaban J connectivity index is 1.89. The lowest BCUT2D eigenvalue weighted by Gasteiger charge is -2.36. The van der Waals surface area contributed by atoms with Crippen LogP contribution in [0.25, 0.3) is 0 Å². The van der Waals surface area contributed by atoms with Crippen molar-refractivity contribution in [1.82, 2.24) is 15.1 Å². The van der Waals surface area contributed by atoms with Gasteiger partial charge in [-0.05, 0) is 89.4 Å². The molecule has 1 aliphatic heterocycles. The van der Waals surface area contributed by atoms with E-state index in [1.807, 2.05) is 27.7 Å². The number of nitrogens with zero attached hydrogens (tertiary/aromatic N) is 2. The molecule has 3 rings (SSSR count). The number of carbonyl (C=O) groups excluding carboxylic acids is 3. The minimum atomic E-state index is -4.50. The molecule has 2 aromatic carbocycles. The first-order chi connectivity index (χ1) is 22.6. The number of aliphatic hydroxyl groups is 1. The largest absolute Gasteiger partial charge is 0.490 e. The minimum Gasteiger partial charge on any atom is -0.490 e. The molecule has 0 radical (unpaired) electrons. The molecule has 14 heteroatoms.